The highest BCUT2D eigenvalue weighted by Crippen LogP contribution is 2.25. The van der Waals surface area contributed by atoms with E-state index in [0.717, 1.165) is 0 Å². The molecule has 10 heteroatoms. The fraction of sp³-hybridized carbons (Fsp3) is 0.261. The van der Waals surface area contributed by atoms with Gasteiger partial charge in [-0.1, -0.05) is 29.8 Å². The zero-order valence-corrected chi connectivity index (χ0v) is 19.8. The Balaban J connectivity index is 1.87. The first-order chi connectivity index (χ1) is 15.7. The summed E-state index contributed by atoms with van der Waals surface area (Å²) in [6, 6.07) is 14.6. The molecule has 2 heterocycles. The number of nitrogens with one attached hydrogen (secondary N) is 1. The second-order valence-corrected chi connectivity index (χ2v) is 9.62. The molecule has 0 radical (unpaired) electrons. The average Bonchev–Trinajstić information content (AvgIpc) is 3.24. The lowest BCUT2D eigenvalue weighted by molar-refractivity contribution is -0.132. The van der Waals surface area contributed by atoms with Crippen molar-refractivity contribution in [3.8, 4) is 6.07 Å². The van der Waals surface area contributed by atoms with Crippen LogP contribution >= 0.6 is 11.6 Å². The largest absolute Gasteiger partial charge is 0.339 e. The number of carbonyl (C=O) groups is 1. The summed E-state index contributed by atoms with van der Waals surface area (Å²) in [6.45, 7) is 2.13. The van der Waals surface area contributed by atoms with Gasteiger partial charge in [-0.3, -0.25) is 9.78 Å². The zero-order valence-electron chi connectivity index (χ0n) is 18.3. The van der Waals surface area contributed by atoms with Gasteiger partial charge in [0.1, 0.15) is 22.7 Å². The first-order valence-electron chi connectivity index (χ1n) is 10.2. The number of sulfonamides is 1. The minimum atomic E-state index is -4.10. The molecule has 172 valence electrons. The Bertz CT molecular complexity index is 1250. The van der Waals surface area contributed by atoms with E-state index in [1.165, 1.54) is 11.0 Å². The lowest BCUT2D eigenvalue weighted by Crippen LogP contribution is -2.47. The van der Waals surface area contributed by atoms with Crippen molar-refractivity contribution in [2.45, 2.75) is 37.4 Å². The molecule has 0 saturated carbocycles. The van der Waals surface area contributed by atoms with Gasteiger partial charge in [0.15, 0.2) is 0 Å². The number of hydrogen-bond donors (Lipinski definition) is 1. The van der Waals surface area contributed by atoms with Crippen LogP contribution < -0.4 is 4.72 Å². The molecule has 0 aliphatic carbocycles. The Morgan fingerprint density at radius 2 is 2.03 bits per heavy atom. The number of aromatic nitrogens is 2. The van der Waals surface area contributed by atoms with Gasteiger partial charge in [-0.25, -0.2) is 8.42 Å². The molecular formula is C23H24ClN5O3S. The summed E-state index contributed by atoms with van der Waals surface area (Å²) in [5.74, 6) is -0.417. The fourth-order valence-electron chi connectivity index (χ4n) is 3.49. The molecule has 3 rings (SSSR count). The smallest absolute Gasteiger partial charge is 0.243 e. The maximum absolute atomic E-state index is 13.3. The molecule has 0 fully saturated rings. The van der Waals surface area contributed by atoms with Gasteiger partial charge in [-0.05, 0) is 49.2 Å². The minimum Gasteiger partial charge on any atom is -0.339 e. The maximum atomic E-state index is 13.3. The number of aryl methyl sites for hydroxylation is 2. The van der Waals surface area contributed by atoms with Gasteiger partial charge in [0.25, 0.3) is 0 Å². The van der Waals surface area contributed by atoms with Gasteiger partial charge >= 0.3 is 0 Å². The van der Waals surface area contributed by atoms with Crippen molar-refractivity contribution >= 4 is 27.5 Å². The molecule has 0 saturated heterocycles. The standard InChI is InChI=1S/C23H24ClN5O3S/c1-17-7-5-10-20(24)22(17)33(31,32)27-21(11-14-29-13-6-9-19(29)15-25)23(30)28(2)16-18-8-3-4-12-26-18/h3-10,12-13,21,27H,11,14,16H2,1-2H3. The van der Waals surface area contributed by atoms with Crippen LogP contribution in [-0.2, 0) is 27.9 Å². The number of nitrogens with zero attached hydrogens (tertiary/aromatic N) is 4. The Kier molecular flexibility index (Phi) is 7.87. The van der Waals surface area contributed by atoms with Crippen molar-refractivity contribution in [3.05, 3.63) is 82.9 Å². The normalized spacial score (nSPS) is 12.2. The van der Waals surface area contributed by atoms with Crippen molar-refractivity contribution in [1.82, 2.24) is 19.2 Å². The lowest BCUT2D eigenvalue weighted by Gasteiger charge is -2.25. The molecule has 1 unspecified atom stereocenters. The Morgan fingerprint density at radius 1 is 1.24 bits per heavy atom. The predicted octanol–water partition coefficient (Wildman–Crippen LogP) is 3.11. The summed E-state index contributed by atoms with van der Waals surface area (Å²) in [7, 11) is -2.51. The third-order valence-electron chi connectivity index (χ3n) is 5.13. The summed E-state index contributed by atoms with van der Waals surface area (Å²) < 4.78 is 30.6. The van der Waals surface area contributed by atoms with Crippen LogP contribution in [0.15, 0.2) is 65.8 Å². The first-order valence-corrected chi connectivity index (χ1v) is 12.1. The Hall–Kier alpha value is -3.19. The van der Waals surface area contributed by atoms with Crippen molar-refractivity contribution < 1.29 is 13.2 Å². The summed E-state index contributed by atoms with van der Waals surface area (Å²) in [5, 5.41) is 9.33. The zero-order chi connectivity index (χ0) is 24.0. The van der Waals surface area contributed by atoms with Crippen LogP contribution in [0.1, 0.15) is 23.4 Å². The molecule has 33 heavy (non-hydrogen) atoms. The molecule has 3 aromatic rings. The molecule has 1 N–H and O–H groups in total. The van der Waals surface area contributed by atoms with Crippen LogP contribution in [0.3, 0.4) is 0 Å². The van der Waals surface area contributed by atoms with Gasteiger partial charge in [-0.15, -0.1) is 0 Å². The van der Waals surface area contributed by atoms with Gasteiger partial charge in [0, 0.05) is 26.0 Å². The van der Waals surface area contributed by atoms with Crippen LogP contribution in [0.25, 0.3) is 0 Å². The maximum Gasteiger partial charge on any atom is 0.243 e. The summed E-state index contributed by atoms with van der Waals surface area (Å²) in [5.41, 5.74) is 1.57. The molecule has 1 aromatic carbocycles. The SMILES string of the molecule is Cc1cccc(Cl)c1S(=O)(=O)NC(CCn1cccc1C#N)C(=O)N(C)Cc1ccccn1. The Morgan fingerprint density at radius 3 is 2.70 bits per heavy atom. The first kappa shape index (κ1) is 24.5. The van der Waals surface area contributed by atoms with E-state index in [0.29, 0.717) is 17.0 Å². The number of likely N-dealkylation sites (N-methyl/N-ethyl adjacent to an activating group) is 1. The van der Waals surface area contributed by atoms with E-state index in [1.54, 1.807) is 67.3 Å². The van der Waals surface area contributed by atoms with E-state index in [4.69, 9.17) is 11.6 Å². The number of amides is 1. The molecule has 0 bridgehead atoms. The Labute approximate surface area is 198 Å². The lowest BCUT2D eigenvalue weighted by atomic mass is 10.2. The van der Waals surface area contributed by atoms with E-state index < -0.39 is 22.0 Å². The topological polar surface area (TPSA) is 108 Å². The van der Waals surface area contributed by atoms with Crippen molar-refractivity contribution in [1.29, 1.82) is 5.26 Å². The predicted molar refractivity (Wildman–Crippen MR) is 125 cm³/mol. The number of carbonyl (C=O) groups excluding carboxylic acids is 1. The van der Waals surface area contributed by atoms with Gasteiger partial charge in [0.05, 0.1) is 17.3 Å². The second-order valence-electron chi connectivity index (χ2n) is 7.56. The summed E-state index contributed by atoms with van der Waals surface area (Å²) in [6.07, 6.45) is 3.48. The number of pyridine rings is 1. The van der Waals surface area contributed by atoms with E-state index in [1.807, 2.05) is 6.07 Å². The van der Waals surface area contributed by atoms with Gasteiger partial charge in [0.2, 0.25) is 15.9 Å². The number of benzene rings is 1. The number of nitriles is 1. The van der Waals surface area contributed by atoms with Gasteiger partial charge < -0.3 is 9.47 Å². The number of rotatable bonds is 9. The van der Waals surface area contributed by atoms with Crippen LogP contribution in [0.2, 0.25) is 5.02 Å². The van der Waals surface area contributed by atoms with E-state index in [2.05, 4.69) is 15.8 Å². The molecule has 0 spiro atoms. The molecule has 8 nitrogen and oxygen atoms in total. The fourth-order valence-corrected chi connectivity index (χ4v) is 5.55. The average molecular weight is 486 g/mol. The van der Waals surface area contributed by atoms with Crippen molar-refractivity contribution in [3.63, 3.8) is 0 Å². The monoisotopic (exact) mass is 485 g/mol. The molecule has 1 amide bonds. The van der Waals surface area contributed by atoms with Gasteiger partial charge in [-0.2, -0.15) is 9.98 Å². The highest BCUT2D eigenvalue weighted by Gasteiger charge is 2.30. The van der Waals surface area contributed by atoms with Crippen LogP contribution in [0.4, 0.5) is 0 Å². The van der Waals surface area contributed by atoms with E-state index in [-0.39, 0.29) is 29.4 Å². The summed E-state index contributed by atoms with van der Waals surface area (Å²) >= 11 is 6.18. The van der Waals surface area contributed by atoms with Crippen LogP contribution in [-0.4, -0.2) is 41.9 Å². The second kappa shape index (κ2) is 10.6. The molecule has 2 aromatic heterocycles. The van der Waals surface area contributed by atoms with Crippen LogP contribution in [0.5, 0.6) is 0 Å². The number of halogens is 1. The van der Waals surface area contributed by atoms with Crippen molar-refractivity contribution in [2.75, 3.05) is 7.05 Å². The quantitative estimate of drug-likeness (QED) is 0.501. The minimum absolute atomic E-state index is 0.0597. The third kappa shape index (κ3) is 5.99. The number of hydrogen-bond acceptors (Lipinski definition) is 5. The van der Waals surface area contributed by atoms with Crippen LogP contribution in [0, 0.1) is 18.3 Å². The highest BCUT2D eigenvalue weighted by atomic mass is 35.5. The highest BCUT2D eigenvalue weighted by molar-refractivity contribution is 7.89. The van der Waals surface area contributed by atoms with E-state index in [9.17, 15) is 18.5 Å². The molecule has 1 atom stereocenters. The van der Waals surface area contributed by atoms with E-state index >= 15 is 0 Å². The third-order valence-corrected chi connectivity index (χ3v) is 7.23. The van der Waals surface area contributed by atoms with Crippen molar-refractivity contribution in [2.24, 2.45) is 0 Å². The summed E-state index contributed by atoms with van der Waals surface area (Å²) in [4.78, 5) is 18.9. The molecular weight excluding hydrogens is 462 g/mol. The molecule has 0 aliphatic heterocycles. The molecule has 0 aliphatic rings.